The highest BCUT2D eigenvalue weighted by molar-refractivity contribution is 14.0. The van der Waals surface area contributed by atoms with Gasteiger partial charge in [-0.2, -0.15) is 0 Å². The highest BCUT2D eigenvalue weighted by Gasteiger charge is 2.41. The van der Waals surface area contributed by atoms with Gasteiger partial charge < -0.3 is 0 Å². The van der Waals surface area contributed by atoms with E-state index in [9.17, 15) is 0 Å². The van der Waals surface area contributed by atoms with Gasteiger partial charge in [0.05, 0.1) is 0 Å². The Balaban J connectivity index is 0. The number of hydrogen-bond donors (Lipinski definition) is 0. The monoisotopic (exact) mass is 330 g/mol. The summed E-state index contributed by atoms with van der Waals surface area (Å²) in [6.45, 7) is 21.5. The highest BCUT2D eigenvalue weighted by atomic mass is 127. The molecule has 0 saturated heterocycles. The molecule has 0 aromatic rings. The van der Waals surface area contributed by atoms with Gasteiger partial charge >= 0.3 is 0 Å². The van der Waals surface area contributed by atoms with E-state index in [1.807, 2.05) is 0 Å². The molecule has 0 aliphatic heterocycles. The van der Waals surface area contributed by atoms with Crippen LogP contribution < -0.4 is 0 Å². The second-order valence-electron chi connectivity index (χ2n) is 6.85. The van der Waals surface area contributed by atoms with Crippen LogP contribution in [0.5, 0.6) is 0 Å². The van der Waals surface area contributed by atoms with Gasteiger partial charge in [0.2, 0.25) is 0 Å². The minimum Gasteiger partial charge on any atom is -0.107 e. The van der Waals surface area contributed by atoms with E-state index in [0.717, 1.165) is 0 Å². The Morgan fingerprint density at radius 1 is 0.500 bits per heavy atom. The van der Waals surface area contributed by atoms with Crippen molar-refractivity contribution in [1.82, 2.24) is 0 Å². The molecule has 0 unspecified atom stereocenters. The summed E-state index contributed by atoms with van der Waals surface area (Å²) in [7, 11) is 0.0162. The van der Waals surface area contributed by atoms with E-state index in [4.69, 9.17) is 0 Å². The molecule has 0 heterocycles. The second-order valence-corrected chi connectivity index (χ2v) is 11.5. The lowest BCUT2D eigenvalue weighted by molar-refractivity contribution is 0.644. The van der Waals surface area contributed by atoms with E-state index in [1.165, 1.54) is 0 Å². The van der Waals surface area contributed by atoms with Crippen LogP contribution in [0.1, 0.15) is 62.3 Å². The zero-order valence-corrected chi connectivity index (χ0v) is 14.6. The molecular formula is C12H28IP. The van der Waals surface area contributed by atoms with Gasteiger partial charge in [-0.25, -0.2) is 0 Å². The fourth-order valence-corrected chi connectivity index (χ4v) is 9.06. The third kappa shape index (κ3) is 5.30. The topological polar surface area (TPSA) is 0 Å². The molecule has 0 saturated carbocycles. The van der Waals surface area contributed by atoms with E-state index in [0.29, 0.717) is 15.5 Å². The van der Waals surface area contributed by atoms with Crippen LogP contribution in [0, 0.1) is 0 Å². The Labute approximate surface area is 109 Å². The molecule has 0 aromatic carbocycles. The summed E-state index contributed by atoms with van der Waals surface area (Å²) in [5.41, 5.74) is 0. The van der Waals surface area contributed by atoms with Gasteiger partial charge in [0.15, 0.2) is 0 Å². The van der Waals surface area contributed by atoms with E-state index in [-0.39, 0.29) is 31.9 Å². The molecule has 0 N–H and O–H groups in total. The molecule has 0 radical (unpaired) electrons. The predicted octanol–water partition coefficient (Wildman–Crippen LogP) is 5.48. The number of rotatable bonds is 0. The summed E-state index contributed by atoms with van der Waals surface area (Å²) in [6, 6.07) is 0. The Hall–Kier alpha value is 1.16. The summed E-state index contributed by atoms with van der Waals surface area (Å²) >= 11 is 0. The Bertz CT molecular complexity index is 133. The normalized spacial score (nSPS) is 14.1. The van der Waals surface area contributed by atoms with Crippen LogP contribution in [-0.4, -0.2) is 15.5 Å². The minimum atomic E-state index is 0. The first-order valence-corrected chi connectivity index (χ1v) is 6.51. The van der Waals surface area contributed by atoms with E-state index in [2.05, 4.69) is 62.3 Å². The lowest BCUT2D eigenvalue weighted by Gasteiger charge is -2.49. The van der Waals surface area contributed by atoms with E-state index in [1.54, 1.807) is 0 Å². The summed E-state index contributed by atoms with van der Waals surface area (Å²) in [4.78, 5) is 0. The maximum Gasteiger partial charge on any atom is -0.0170 e. The van der Waals surface area contributed by atoms with E-state index < -0.39 is 0 Å². The van der Waals surface area contributed by atoms with Crippen LogP contribution in [0.2, 0.25) is 0 Å². The van der Waals surface area contributed by atoms with Crippen molar-refractivity contribution in [3.63, 3.8) is 0 Å². The molecule has 14 heavy (non-hydrogen) atoms. The highest BCUT2D eigenvalue weighted by Crippen LogP contribution is 2.66. The molecule has 0 bridgehead atoms. The zero-order valence-electron chi connectivity index (χ0n) is 11.4. The van der Waals surface area contributed by atoms with Crippen molar-refractivity contribution >= 4 is 31.9 Å². The lowest BCUT2D eigenvalue weighted by atomic mass is 10.2. The molecule has 0 atom stereocenters. The van der Waals surface area contributed by atoms with Gasteiger partial charge in [-0.3, -0.25) is 0 Å². The van der Waals surface area contributed by atoms with Gasteiger partial charge in [0, 0.05) is 0 Å². The first-order valence-electron chi connectivity index (χ1n) is 5.17. The van der Waals surface area contributed by atoms with Gasteiger partial charge in [0.25, 0.3) is 0 Å². The first kappa shape index (κ1) is 17.6. The van der Waals surface area contributed by atoms with Crippen molar-refractivity contribution in [2.24, 2.45) is 0 Å². The van der Waals surface area contributed by atoms with Crippen molar-refractivity contribution in [2.75, 3.05) is 0 Å². The van der Waals surface area contributed by atoms with Crippen LogP contribution in [0.25, 0.3) is 0 Å². The van der Waals surface area contributed by atoms with Crippen LogP contribution in [0.15, 0.2) is 0 Å². The van der Waals surface area contributed by atoms with Crippen molar-refractivity contribution in [1.29, 1.82) is 0 Å². The molecule has 0 nitrogen and oxygen atoms in total. The Kier molecular flexibility index (Phi) is 6.26. The van der Waals surface area contributed by atoms with Crippen molar-refractivity contribution in [2.45, 2.75) is 77.8 Å². The maximum atomic E-state index is 2.38. The number of halogens is 1. The minimum absolute atomic E-state index is 0. The van der Waals surface area contributed by atoms with Gasteiger partial charge in [-0.15, -0.1) is 24.0 Å². The van der Waals surface area contributed by atoms with Gasteiger partial charge in [-0.1, -0.05) is 70.2 Å². The summed E-state index contributed by atoms with van der Waals surface area (Å²) in [5.74, 6) is 0. The van der Waals surface area contributed by atoms with Crippen LogP contribution in [-0.2, 0) is 0 Å². The Morgan fingerprint density at radius 2 is 0.643 bits per heavy atom. The van der Waals surface area contributed by atoms with Gasteiger partial charge in [0.1, 0.15) is 0 Å². The molecule has 0 rings (SSSR count). The quantitative estimate of drug-likeness (QED) is 0.407. The van der Waals surface area contributed by atoms with Crippen LogP contribution >= 0.6 is 31.9 Å². The molecule has 2 heteroatoms. The van der Waals surface area contributed by atoms with Crippen molar-refractivity contribution in [3.05, 3.63) is 0 Å². The molecule has 0 fully saturated rings. The largest absolute Gasteiger partial charge is 0.107 e. The SMILES string of the molecule is CC(C)(C)P(C(C)(C)C)C(C)(C)C.I. The van der Waals surface area contributed by atoms with Crippen LogP contribution in [0.3, 0.4) is 0 Å². The van der Waals surface area contributed by atoms with Crippen molar-refractivity contribution in [3.8, 4) is 0 Å². The zero-order chi connectivity index (χ0) is 11.1. The maximum absolute atomic E-state index is 2.38. The molecule has 0 aliphatic carbocycles. The predicted molar refractivity (Wildman–Crippen MR) is 81.6 cm³/mol. The first-order chi connectivity index (χ1) is 5.37. The van der Waals surface area contributed by atoms with Crippen molar-refractivity contribution < 1.29 is 0 Å². The van der Waals surface area contributed by atoms with Gasteiger partial charge in [-0.05, 0) is 15.5 Å². The van der Waals surface area contributed by atoms with Crippen LogP contribution in [0.4, 0.5) is 0 Å². The Morgan fingerprint density at radius 3 is 0.643 bits per heavy atom. The standard InChI is InChI=1S/C12H27P.HI/c1-10(2,3)13(11(4,5)6)12(7,8)9;/h1-9H3;1H. The molecule has 0 aliphatic rings. The smallest absolute Gasteiger partial charge is 0.0170 e. The summed E-state index contributed by atoms with van der Waals surface area (Å²) < 4.78 is 0. The summed E-state index contributed by atoms with van der Waals surface area (Å²) in [6.07, 6.45) is 0. The second kappa shape index (κ2) is 4.99. The third-order valence-corrected chi connectivity index (χ3v) is 6.04. The molecule has 88 valence electrons. The fraction of sp³-hybridized carbons (Fsp3) is 1.00. The molecular weight excluding hydrogens is 302 g/mol. The third-order valence-electron chi connectivity index (χ3n) is 2.01. The molecule has 0 spiro atoms. The lowest BCUT2D eigenvalue weighted by Crippen LogP contribution is -2.34. The average molecular weight is 330 g/mol. The molecule has 0 amide bonds. The van der Waals surface area contributed by atoms with E-state index >= 15 is 0 Å². The summed E-state index contributed by atoms with van der Waals surface area (Å²) in [5, 5.41) is 1.35. The molecule has 0 aromatic heterocycles. The number of hydrogen-bond acceptors (Lipinski definition) is 0. The average Bonchev–Trinajstić information content (AvgIpc) is 1.44. The fourth-order valence-electron chi connectivity index (χ4n) is 3.02.